The van der Waals surface area contributed by atoms with Gasteiger partial charge in [-0.25, -0.2) is 19.6 Å². The third-order valence-corrected chi connectivity index (χ3v) is 5.24. The van der Waals surface area contributed by atoms with Gasteiger partial charge in [-0.05, 0) is 26.0 Å². The highest BCUT2D eigenvalue weighted by atomic mass is 35.5. The zero-order chi connectivity index (χ0) is 24.8. The van der Waals surface area contributed by atoms with Crippen molar-refractivity contribution in [3.8, 4) is 11.6 Å². The van der Waals surface area contributed by atoms with Crippen LogP contribution in [0.5, 0.6) is 5.88 Å². The standard InChI is InChI=1S/C23H24ClN7O4/c1-14-8-26-20(10-25-14)30-22(32)19(12-34-15(2)11-33-3)35-23-16-9-29-31(21(16)27-13-28-23)18-7-5-4-6-17(18)24/h4-10,13,15,19H,11-12H2,1-3H3,(H,26,30,32)/t15-,19+/m1/s1. The fourth-order valence-electron chi connectivity index (χ4n) is 3.21. The minimum Gasteiger partial charge on any atom is -0.461 e. The molecule has 0 aliphatic carbocycles. The Kier molecular flexibility index (Phi) is 7.80. The van der Waals surface area contributed by atoms with Gasteiger partial charge < -0.3 is 19.5 Å². The summed E-state index contributed by atoms with van der Waals surface area (Å²) < 4.78 is 18.5. The Hall–Kier alpha value is -3.67. The van der Waals surface area contributed by atoms with E-state index in [0.717, 1.165) is 5.69 Å². The second-order valence-corrected chi connectivity index (χ2v) is 8.07. The topological polar surface area (TPSA) is 126 Å². The van der Waals surface area contributed by atoms with Crippen LogP contribution in [0.1, 0.15) is 12.6 Å². The highest BCUT2D eigenvalue weighted by Gasteiger charge is 2.25. The van der Waals surface area contributed by atoms with Crippen LogP contribution in [0.4, 0.5) is 5.82 Å². The van der Waals surface area contributed by atoms with Gasteiger partial charge in [-0.3, -0.25) is 9.78 Å². The summed E-state index contributed by atoms with van der Waals surface area (Å²) in [6.45, 7) is 3.94. The van der Waals surface area contributed by atoms with Gasteiger partial charge in [0.2, 0.25) is 12.0 Å². The number of fused-ring (bicyclic) bond motifs is 1. The molecule has 1 N–H and O–H groups in total. The first kappa shape index (κ1) is 24.5. The molecule has 0 saturated carbocycles. The maximum absolute atomic E-state index is 13.1. The molecular formula is C23H24ClN7O4. The molecule has 0 unspecified atom stereocenters. The summed E-state index contributed by atoms with van der Waals surface area (Å²) in [7, 11) is 1.57. The van der Waals surface area contributed by atoms with Crippen molar-refractivity contribution in [1.29, 1.82) is 0 Å². The maximum atomic E-state index is 13.1. The summed E-state index contributed by atoms with van der Waals surface area (Å²) in [5, 5.41) is 8.11. The summed E-state index contributed by atoms with van der Waals surface area (Å²) >= 11 is 6.34. The molecule has 0 bridgehead atoms. The van der Waals surface area contributed by atoms with Crippen LogP contribution in [0.15, 0.2) is 49.2 Å². The number of benzene rings is 1. The second-order valence-electron chi connectivity index (χ2n) is 7.66. The van der Waals surface area contributed by atoms with E-state index < -0.39 is 12.0 Å². The molecule has 11 nitrogen and oxygen atoms in total. The van der Waals surface area contributed by atoms with Gasteiger partial charge in [0.25, 0.3) is 5.91 Å². The molecule has 0 radical (unpaired) electrons. The van der Waals surface area contributed by atoms with Crippen molar-refractivity contribution in [2.75, 3.05) is 25.6 Å². The number of nitrogens with zero attached hydrogens (tertiary/aromatic N) is 6. The Morgan fingerprint density at radius 2 is 1.94 bits per heavy atom. The number of anilines is 1. The normalized spacial score (nSPS) is 12.9. The van der Waals surface area contributed by atoms with Crippen LogP contribution < -0.4 is 10.1 Å². The molecule has 35 heavy (non-hydrogen) atoms. The van der Waals surface area contributed by atoms with E-state index in [1.165, 1.54) is 12.5 Å². The number of rotatable bonds is 10. The predicted molar refractivity (Wildman–Crippen MR) is 129 cm³/mol. The van der Waals surface area contributed by atoms with Crippen LogP contribution >= 0.6 is 11.6 Å². The first-order valence-electron chi connectivity index (χ1n) is 10.8. The lowest BCUT2D eigenvalue weighted by molar-refractivity contribution is -0.127. The number of carbonyl (C=O) groups is 1. The maximum Gasteiger partial charge on any atom is 0.269 e. The Bertz CT molecular complexity index is 1300. The summed E-state index contributed by atoms with van der Waals surface area (Å²) in [6, 6.07) is 7.25. The molecule has 0 saturated heterocycles. The number of ether oxygens (including phenoxy) is 3. The molecule has 0 aliphatic rings. The van der Waals surface area contributed by atoms with E-state index >= 15 is 0 Å². The first-order chi connectivity index (χ1) is 17.0. The zero-order valence-corrected chi connectivity index (χ0v) is 20.1. The van der Waals surface area contributed by atoms with E-state index in [1.807, 2.05) is 25.1 Å². The van der Waals surface area contributed by atoms with Gasteiger partial charge in [-0.2, -0.15) is 5.10 Å². The number of hydrogen-bond donors (Lipinski definition) is 1. The van der Waals surface area contributed by atoms with Gasteiger partial charge >= 0.3 is 0 Å². The Balaban J connectivity index is 1.61. The number of hydrogen-bond acceptors (Lipinski definition) is 9. The van der Waals surface area contributed by atoms with E-state index in [-0.39, 0.29) is 18.6 Å². The molecule has 3 heterocycles. The lowest BCUT2D eigenvalue weighted by Crippen LogP contribution is -2.39. The number of nitrogens with one attached hydrogen (secondary N) is 1. The van der Waals surface area contributed by atoms with Crippen LogP contribution in [0.3, 0.4) is 0 Å². The minimum atomic E-state index is -1.06. The van der Waals surface area contributed by atoms with Gasteiger partial charge in [0.1, 0.15) is 11.7 Å². The molecule has 0 spiro atoms. The summed E-state index contributed by atoms with van der Waals surface area (Å²) in [5.74, 6) is -0.0111. The molecule has 0 aliphatic heterocycles. The highest BCUT2D eigenvalue weighted by molar-refractivity contribution is 6.32. The third-order valence-electron chi connectivity index (χ3n) is 4.92. The van der Waals surface area contributed by atoms with Crippen LogP contribution in [0.25, 0.3) is 16.7 Å². The number of aromatic nitrogens is 6. The van der Waals surface area contributed by atoms with Crippen LogP contribution in [-0.4, -0.2) is 68.2 Å². The predicted octanol–water partition coefficient (Wildman–Crippen LogP) is 3.00. The Morgan fingerprint density at radius 1 is 1.11 bits per heavy atom. The van der Waals surface area contributed by atoms with E-state index in [4.69, 9.17) is 25.8 Å². The number of para-hydroxylation sites is 1. The van der Waals surface area contributed by atoms with Gasteiger partial charge in [0.15, 0.2) is 11.5 Å². The van der Waals surface area contributed by atoms with Crippen molar-refractivity contribution in [3.63, 3.8) is 0 Å². The van der Waals surface area contributed by atoms with Crippen molar-refractivity contribution in [1.82, 2.24) is 29.7 Å². The largest absolute Gasteiger partial charge is 0.461 e. The van der Waals surface area contributed by atoms with Gasteiger partial charge in [-0.1, -0.05) is 23.7 Å². The van der Waals surface area contributed by atoms with Gasteiger partial charge in [0.05, 0.1) is 54.3 Å². The summed E-state index contributed by atoms with van der Waals surface area (Å²) in [6.07, 6.45) is 4.60. The fraction of sp³-hybridized carbons (Fsp3) is 0.304. The molecule has 0 fully saturated rings. The number of aryl methyl sites for hydroxylation is 1. The molecular weight excluding hydrogens is 474 g/mol. The lowest BCUT2D eigenvalue weighted by Gasteiger charge is -2.20. The van der Waals surface area contributed by atoms with Crippen molar-refractivity contribution >= 4 is 34.4 Å². The molecule has 182 valence electrons. The molecule has 1 amide bonds. The minimum absolute atomic E-state index is 0.0558. The Labute approximate surface area is 206 Å². The summed E-state index contributed by atoms with van der Waals surface area (Å²) in [5.41, 5.74) is 1.85. The number of amides is 1. The number of methoxy groups -OCH3 is 1. The van der Waals surface area contributed by atoms with Crippen molar-refractivity contribution in [3.05, 3.63) is 59.9 Å². The first-order valence-corrected chi connectivity index (χ1v) is 11.1. The number of carbonyl (C=O) groups excluding carboxylic acids is 1. The second kappa shape index (κ2) is 11.2. The van der Waals surface area contributed by atoms with Crippen molar-refractivity contribution in [2.45, 2.75) is 26.1 Å². The van der Waals surface area contributed by atoms with E-state index in [9.17, 15) is 4.79 Å². The monoisotopic (exact) mass is 497 g/mol. The quantitative estimate of drug-likeness (QED) is 0.351. The molecule has 1 aromatic carbocycles. The van der Waals surface area contributed by atoms with Crippen molar-refractivity contribution < 1.29 is 19.0 Å². The van der Waals surface area contributed by atoms with E-state index in [0.29, 0.717) is 34.2 Å². The molecule has 3 aromatic heterocycles. The Morgan fingerprint density at radius 3 is 2.69 bits per heavy atom. The highest BCUT2D eigenvalue weighted by Crippen LogP contribution is 2.27. The molecule has 4 rings (SSSR count). The molecule has 2 atom stereocenters. The van der Waals surface area contributed by atoms with E-state index in [2.05, 4.69) is 30.4 Å². The third kappa shape index (κ3) is 5.88. The average Bonchev–Trinajstić information content (AvgIpc) is 3.28. The average molecular weight is 498 g/mol. The molecule has 4 aromatic rings. The van der Waals surface area contributed by atoms with Crippen molar-refractivity contribution in [2.24, 2.45) is 0 Å². The van der Waals surface area contributed by atoms with Gasteiger partial charge in [0, 0.05) is 7.11 Å². The zero-order valence-electron chi connectivity index (χ0n) is 19.4. The van der Waals surface area contributed by atoms with Crippen LogP contribution in [0, 0.1) is 6.92 Å². The van der Waals surface area contributed by atoms with Gasteiger partial charge in [-0.15, -0.1) is 0 Å². The molecule has 12 heteroatoms. The van der Waals surface area contributed by atoms with Crippen LogP contribution in [-0.2, 0) is 14.3 Å². The summed E-state index contributed by atoms with van der Waals surface area (Å²) in [4.78, 5) is 30.0. The fourth-order valence-corrected chi connectivity index (χ4v) is 3.43. The van der Waals surface area contributed by atoms with Crippen LogP contribution in [0.2, 0.25) is 5.02 Å². The number of halogens is 1. The smallest absolute Gasteiger partial charge is 0.269 e. The van der Waals surface area contributed by atoms with E-state index in [1.54, 1.807) is 37.2 Å². The lowest BCUT2D eigenvalue weighted by atomic mass is 10.3. The SMILES string of the molecule is COC[C@@H](C)OC[C@H](Oc1ncnc2c1cnn2-c1ccccc1Cl)C(=O)Nc1cnc(C)cn1.